The highest BCUT2D eigenvalue weighted by molar-refractivity contribution is 5.98. The van der Waals surface area contributed by atoms with Crippen molar-refractivity contribution < 1.29 is 24.2 Å². The van der Waals surface area contributed by atoms with E-state index >= 15 is 0 Å². The maximum atomic E-state index is 12.1. The molecule has 0 radical (unpaired) electrons. The molecule has 1 atom stereocenters. The smallest absolute Gasteiger partial charge is 0.407 e. The largest absolute Gasteiger partial charge is 0.491 e. The molecule has 1 aliphatic carbocycles. The van der Waals surface area contributed by atoms with Crippen LogP contribution in [0.4, 0.5) is 4.79 Å². The highest BCUT2D eigenvalue weighted by atomic mass is 16.6. The van der Waals surface area contributed by atoms with Crippen molar-refractivity contribution in [2.45, 2.75) is 77.0 Å². The number of aromatic nitrogens is 1. The minimum absolute atomic E-state index is 0.0548. The van der Waals surface area contributed by atoms with E-state index in [1.807, 2.05) is 51.1 Å². The SMILES string of the molecule is CC(C)(C)OC(=O)NCCN[C@H]1COc2ccccc2-c2c(C3CCCCC3)c3ccc(C(=O)O)cc3n2C1. The summed E-state index contributed by atoms with van der Waals surface area (Å²) >= 11 is 0. The van der Waals surface area contributed by atoms with E-state index in [-0.39, 0.29) is 11.6 Å². The van der Waals surface area contributed by atoms with Gasteiger partial charge in [-0.3, -0.25) is 0 Å². The van der Waals surface area contributed by atoms with Crippen LogP contribution in [0.1, 0.15) is 74.7 Å². The molecule has 8 nitrogen and oxygen atoms in total. The van der Waals surface area contributed by atoms with Gasteiger partial charge in [-0.2, -0.15) is 0 Å². The lowest BCUT2D eigenvalue weighted by Crippen LogP contribution is -2.43. The summed E-state index contributed by atoms with van der Waals surface area (Å²) in [5.41, 5.74) is 4.18. The standard InChI is InChI=1S/C31H39N3O5/c1-31(2,3)39-30(37)33-16-15-32-22-18-34-25-17-21(29(35)36)13-14-23(25)27(20-9-5-4-6-10-20)28(34)24-11-7-8-12-26(24)38-19-22/h7-8,11-14,17,20,22,32H,4-6,9-10,15-16,18-19H2,1-3H3,(H,33,37)(H,35,36)/t22-/m1/s1. The van der Waals surface area contributed by atoms with Gasteiger partial charge >= 0.3 is 12.1 Å². The first-order valence-corrected chi connectivity index (χ1v) is 14.0. The van der Waals surface area contributed by atoms with E-state index in [0.29, 0.717) is 32.2 Å². The summed E-state index contributed by atoms with van der Waals surface area (Å²) in [7, 11) is 0. The van der Waals surface area contributed by atoms with E-state index < -0.39 is 17.7 Å². The Labute approximate surface area is 229 Å². The van der Waals surface area contributed by atoms with Gasteiger partial charge in [0.05, 0.1) is 17.3 Å². The van der Waals surface area contributed by atoms with Crippen LogP contribution in [0.25, 0.3) is 22.2 Å². The van der Waals surface area contributed by atoms with E-state index in [4.69, 9.17) is 9.47 Å². The number of ether oxygens (including phenoxy) is 2. The lowest BCUT2D eigenvalue weighted by Gasteiger charge is -2.28. The Kier molecular flexibility index (Phi) is 7.84. The number of amides is 1. The van der Waals surface area contributed by atoms with Gasteiger partial charge in [0.25, 0.3) is 0 Å². The molecule has 0 spiro atoms. The first-order valence-electron chi connectivity index (χ1n) is 14.0. The van der Waals surface area contributed by atoms with Gasteiger partial charge in [0, 0.05) is 36.1 Å². The molecule has 0 saturated heterocycles. The number of carboxylic acid groups (broad SMARTS) is 1. The summed E-state index contributed by atoms with van der Waals surface area (Å²) in [6, 6.07) is 13.6. The summed E-state index contributed by atoms with van der Waals surface area (Å²) in [6.45, 7) is 7.53. The quantitative estimate of drug-likeness (QED) is 0.340. The molecule has 0 unspecified atom stereocenters. The van der Waals surface area contributed by atoms with Gasteiger partial charge < -0.3 is 29.8 Å². The lowest BCUT2D eigenvalue weighted by atomic mass is 9.81. The van der Waals surface area contributed by atoms with Gasteiger partial charge in [-0.05, 0) is 69.4 Å². The molecule has 8 heteroatoms. The van der Waals surface area contributed by atoms with Crippen LogP contribution in [0.2, 0.25) is 0 Å². The number of para-hydroxylation sites is 1. The molecule has 2 aliphatic rings. The van der Waals surface area contributed by atoms with Crippen LogP contribution in [0, 0.1) is 0 Å². The molecule has 2 aromatic carbocycles. The zero-order chi connectivity index (χ0) is 27.6. The number of nitrogens with zero attached hydrogens (tertiary/aromatic N) is 1. The summed E-state index contributed by atoms with van der Waals surface area (Å²) in [4.78, 5) is 24.0. The average Bonchev–Trinajstić information content (AvgIpc) is 3.20. The Morgan fingerprint density at radius 1 is 1.08 bits per heavy atom. The molecule has 1 fully saturated rings. The molecule has 39 heavy (non-hydrogen) atoms. The van der Waals surface area contributed by atoms with E-state index in [9.17, 15) is 14.7 Å². The summed E-state index contributed by atoms with van der Waals surface area (Å²) < 4.78 is 14.0. The number of rotatable bonds is 6. The van der Waals surface area contributed by atoms with Gasteiger partial charge in [0.2, 0.25) is 0 Å². The Morgan fingerprint density at radius 2 is 1.85 bits per heavy atom. The van der Waals surface area contributed by atoms with Crippen molar-refractivity contribution in [3.05, 3.63) is 53.6 Å². The molecular weight excluding hydrogens is 494 g/mol. The summed E-state index contributed by atoms with van der Waals surface area (Å²) in [6.07, 6.45) is 5.50. The van der Waals surface area contributed by atoms with Gasteiger partial charge in [-0.15, -0.1) is 0 Å². The second kappa shape index (κ2) is 11.3. The number of fused-ring (bicyclic) bond motifs is 5. The second-order valence-corrected chi connectivity index (χ2v) is 11.6. The Hall–Kier alpha value is -3.52. The fourth-order valence-corrected chi connectivity index (χ4v) is 5.92. The second-order valence-electron chi connectivity index (χ2n) is 11.6. The predicted octanol–water partition coefficient (Wildman–Crippen LogP) is 5.93. The minimum atomic E-state index is -0.927. The fourth-order valence-electron chi connectivity index (χ4n) is 5.92. The van der Waals surface area contributed by atoms with Crippen molar-refractivity contribution in [3.63, 3.8) is 0 Å². The zero-order valence-corrected chi connectivity index (χ0v) is 23.1. The van der Waals surface area contributed by atoms with E-state index in [0.717, 1.165) is 40.8 Å². The molecule has 208 valence electrons. The highest BCUT2D eigenvalue weighted by Gasteiger charge is 2.30. The van der Waals surface area contributed by atoms with Crippen molar-refractivity contribution in [2.75, 3.05) is 19.7 Å². The van der Waals surface area contributed by atoms with Crippen LogP contribution < -0.4 is 15.4 Å². The van der Waals surface area contributed by atoms with Crippen LogP contribution in [0.5, 0.6) is 5.75 Å². The third-order valence-electron chi connectivity index (χ3n) is 7.58. The van der Waals surface area contributed by atoms with E-state index in [2.05, 4.69) is 21.3 Å². The third-order valence-corrected chi connectivity index (χ3v) is 7.58. The maximum absolute atomic E-state index is 12.1. The van der Waals surface area contributed by atoms with Gasteiger partial charge in [-0.25, -0.2) is 9.59 Å². The van der Waals surface area contributed by atoms with E-state index in [1.165, 1.54) is 24.8 Å². The van der Waals surface area contributed by atoms with Crippen molar-refractivity contribution in [2.24, 2.45) is 0 Å². The number of benzene rings is 2. The number of alkyl carbamates (subject to hydrolysis) is 1. The van der Waals surface area contributed by atoms with Crippen LogP contribution in [-0.2, 0) is 11.3 Å². The van der Waals surface area contributed by atoms with Crippen LogP contribution in [0.3, 0.4) is 0 Å². The number of carbonyl (C=O) groups is 2. The topological polar surface area (TPSA) is 102 Å². The Balaban J connectivity index is 1.51. The molecule has 5 rings (SSSR count). The number of nitrogens with one attached hydrogen (secondary N) is 2. The van der Waals surface area contributed by atoms with Gasteiger partial charge in [0.15, 0.2) is 0 Å². The number of carboxylic acids is 1. The molecule has 1 aliphatic heterocycles. The third kappa shape index (κ3) is 6.06. The number of aromatic carboxylic acids is 1. The average molecular weight is 534 g/mol. The van der Waals surface area contributed by atoms with Crippen molar-refractivity contribution in [1.82, 2.24) is 15.2 Å². The molecule has 3 aromatic rings. The number of hydrogen-bond acceptors (Lipinski definition) is 5. The minimum Gasteiger partial charge on any atom is -0.491 e. The molecule has 2 heterocycles. The predicted molar refractivity (Wildman–Crippen MR) is 152 cm³/mol. The maximum Gasteiger partial charge on any atom is 0.407 e. The van der Waals surface area contributed by atoms with Crippen molar-refractivity contribution in [3.8, 4) is 17.0 Å². The molecule has 0 bridgehead atoms. The van der Waals surface area contributed by atoms with Crippen molar-refractivity contribution in [1.29, 1.82) is 0 Å². The molecule has 1 aromatic heterocycles. The summed E-state index contributed by atoms with van der Waals surface area (Å²) in [5, 5.41) is 17.3. The first kappa shape index (κ1) is 27.1. The van der Waals surface area contributed by atoms with Crippen LogP contribution >= 0.6 is 0 Å². The molecular formula is C31H39N3O5. The first-order chi connectivity index (χ1) is 18.7. The molecule has 1 saturated carbocycles. The van der Waals surface area contributed by atoms with Crippen LogP contribution in [-0.4, -0.2) is 53.1 Å². The Morgan fingerprint density at radius 3 is 2.59 bits per heavy atom. The van der Waals surface area contributed by atoms with Crippen molar-refractivity contribution >= 4 is 23.0 Å². The van der Waals surface area contributed by atoms with E-state index in [1.54, 1.807) is 6.07 Å². The van der Waals surface area contributed by atoms with Crippen LogP contribution in [0.15, 0.2) is 42.5 Å². The van der Waals surface area contributed by atoms with Gasteiger partial charge in [-0.1, -0.05) is 37.5 Å². The lowest BCUT2D eigenvalue weighted by molar-refractivity contribution is 0.0527. The normalized spacial score (nSPS) is 17.9. The molecule has 1 amide bonds. The monoisotopic (exact) mass is 533 g/mol. The highest BCUT2D eigenvalue weighted by Crippen LogP contribution is 2.46. The Bertz CT molecular complexity index is 1350. The molecule has 3 N–H and O–H groups in total. The number of hydrogen-bond donors (Lipinski definition) is 3. The summed E-state index contributed by atoms with van der Waals surface area (Å²) in [5.74, 6) is 0.324. The van der Waals surface area contributed by atoms with Gasteiger partial charge in [0.1, 0.15) is 18.0 Å². The zero-order valence-electron chi connectivity index (χ0n) is 23.1. The number of carbonyl (C=O) groups excluding carboxylic acids is 1. The fraction of sp³-hybridized carbons (Fsp3) is 0.484.